The minimum atomic E-state index is -0.169. The molecular formula is C14H12N2O2. The summed E-state index contributed by atoms with van der Waals surface area (Å²) in [5.74, 6) is -0.240. The van der Waals surface area contributed by atoms with E-state index in [2.05, 4.69) is 5.32 Å². The second kappa shape index (κ2) is 3.02. The predicted molar refractivity (Wildman–Crippen MR) is 65.9 cm³/mol. The lowest BCUT2D eigenvalue weighted by Gasteiger charge is -2.17. The summed E-state index contributed by atoms with van der Waals surface area (Å²) in [4.78, 5) is 26.3. The Morgan fingerprint density at radius 2 is 1.94 bits per heavy atom. The second-order valence-corrected chi connectivity index (χ2v) is 5.28. The molecular weight excluding hydrogens is 228 g/mol. The van der Waals surface area contributed by atoms with Gasteiger partial charge >= 0.3 is 0 Å². The average molecular weight is 240 g/mol. The number of carbonyl (C=O) groups is 2. The third-order valence-corrected chi connectivity index (χ3v) is 3.98. The van der Waals surface area contributed by atoms with Gasteiger partial charge in [0.2, 0.25) is 0 Å². The standard InChI is InChI=1S/C14H12N2O2/c17-12-11-7-14(5-6-14)8-16(11)13(18)9-3-1-2-4-10(9)15-12/h1-4,7H,5-6,8H2,(H,15,17). The molecule has 1 aromatic rings. The molecule has 0 radical (unpaired) electrons. The molecule has 1 N–H and O–H groups in total. The molecule has 2 heterocycles. The van der Waals surface area contributed by atoms with Crippen LogP contribution in [0.5, 0.6) is 0 Å². The van der Waals surface area contributed by atoms with Crippen molar-refractivity contribution in [3.8, 4) is 0 Å². The molecule has 4 rings (SSSR count). The van der Waals surface area contributed by atoms with Crippen LogP contribution in [0.15, 0.2) is 36.0 Å². The van der Waals surface area contributed by atoms with Crippen molar-refractivity contribution in [1.29, 1.82) is 0 Å². The van der Waals surface area contributed by atoms with Crippen LogP contribution >= 0.6 is 0 Å². The molecule has 18 heavy (non-hydrogen) atoms. The van der Waals surface area contributed by atoms with Gasteiger partial charge in [-0.1, -0.05) is 12.1 Å². The van der Waals surface area contributed by atoms with Crippen molar-refractivity contribution in [2.75, 3.05) is 11.9 Å². The quantitative estimate of drug-likeness (QED) is 0.751. The Hall–Kier alpha value is -2.10. The van der Waals surface area contributed by atoms with E-state index in [1.54, 1.807) is 17.0 Å². The van der Waals surface area contributed by atoms with Crippen LogP contribution in [0.25, 0.3) is 0 Å². The van der Waals surface area contributed by atoms with E-state index >= 15 is 0 Å². The molecule has 3 aliphatic rings. The highest BCUT2D eigenvalue weighted by atomic mass is 16.2. The number of hydrogen-bond donors (Lipinski definition) is 1. The van der Waals surface area contributed by atoms with E-state index in [1.165, 1.54) is 0 Å². The summed E-state index contributed by atoms with van der Waals surface area (Å²) in [6.07, 6.45) is 4.14. The van der Waals surface area contributed by atoms with Gasteiger partial charge in [0.15, 0.2) is 0 Å². The predicted octanol–water partition coefficient (Wildman–Crippen LogP) is 1.76. The van der Waals surface area contributed by atoms with Crippen molar-refractivity contribution in [2.24, 2.45) is 5.41 Å². The summed E-state index contributed by atoms with van der Waals surface area (Å²) < 4.78 is 0. The topological polar surface area (TPSA) is 49.4 Å². The number of nitrogens with one attached hydrogen (secondary N) is 1. The Labute approximate surface area is 104 Å². The zero-order valence-electron chi connectivity index (χ0n) is 9.77. The average Bonchev–Trinajstić information content (AvgIpc) is 3.01. The van der Waals surface area contributed by atoms with Crippen LogP contribution in [0.3, 0.4) is 0 Å². The summed E-state index contributed by atoms with van der Waals surface area (Å²) in [6, 6.07) is 7.17. The van der Waals surface area contributed by atoms with Crippen LogP contribution in [-0.2, 0) is 4.79 Å². The maximum Gasteiger partial charge on any atom is 0.272 e. The first kappa shape index (κ1) is 9.88. The highest BCUT2D eigenvalue weighted by Crippen LogP contribution is 2.53. The molecule has 0 bridgehead atoms. The van der Waals surface area contributed by atoms with Crippen molar-refractivity contribution in [1.82, 2.24) is 4.90 Å². The molecule has 4 heteroatoms. The molecule has 1 saturated carbocycles. The van der Waals surface area contributed by atoms with Crippen molar-refractivity contribution >= 4 is 17.5 Å². The van der Waals surface area contributed by atoms with Gasteiger partial charge in [0.05, 0.1) is 11.3 Å². The van der Waals surface area contributed by atoms with Gasteiger partial charge in [0, 0.05) is 12.0 Å². The Morgan fingerprint density at radius 3 is 2.72 bits per heavy atom. The molecule has 2 amide bonds. The molecule has 0 saturated heterocycles. The molecule has 0 atom stereocenters. The van der Waals surface area contributed by atoms with Crippen molar-refractivity contribution < 1.29 is 9.59 Å². The number of rotatable bonds is 0. The van der Waals surface area contributed by atoms with Gasteiger partial charge < -0.3 is 10.2 Å². The van der Waals surface area contributed by atoms with Crippen LogP contribution in [0.1, 0.15) is 23.2 Å². The molecule has 1 spiro atoms. The lowest BCUT2D eigenvalue weighted by atomic mass is 10.1. The van der Waals surface area contributed by atoms with Crippen LogP contribution in [0.4, 0.5) is 5.69 Å². The summed E-state index contributed by atoms with van der Waals surface area (Å²) >= 11 is 0. The fraction of sp³-hybridized carbons (Fsp3) is 0.286. The normalized spacial score (nSPS) is 23.1. The molecule has 1 fully saturated rings. The molecule has 90 valence electrons. The highest BCUT2D eigenvalue weighted by molar-refractivity contribution is 6.15. The maximum atomic E-state index is 12.5. The Kier molecular flexibility index (Phi) is 1.66. The van der Waals surface area contributed by atoms with Crippen LogP contribution in [-0.4, -0.2) is 23.3 Å². The zero-order valence-corrected chi connectivity index (χ0v) is 9.77. The van der Waals surface area contributed by atoms with Gasteiger partial charge in [0.1, 0.15) is 5.70 Å². The number of nitrogens with zero attached hydrogens (tertiary/aromatic N) is 1. The monoisotopic (exact) mass is 240 g/mol. The van der Waals surface area contributed by atoms with Crippen molar-refractivity contribution in [3.05, 3.63) is 41.6 Å². The summed E-state index contributed by atoms with van der Waals surface area (Å²) in [7, 11) is 0. The summed E-state index contributed by atoms with van der Waals surface area (Å²) in [5.41, 5.74) is 1.79. The van der Waals surface area contributed by atoms with E-state index in [4.69, 9.17) is 0 Å². The number of para-hydroxylation sites is 1. The second-order valence-electron chi connectivity index (χ2n) is 5.28. The van der Waals surface area contributed by atoms with Crippen molar-refractivity contribution in [3.63, 3.8) is 0 Å². The van der Waals surface area contributed by atoms with Gasteiger partial charge in [-0.2, -0.15) is 0 Å². The number of carbonyl (C=O) groups excluding carboxylic acids is 2. The first-order valence-corrected chi connectivity index (χ1v) is 6.14. The molecule has 2 aliphatic heterocycles. The van der Waals surface area contributed by atoms with E-state index in [0.29, 0.717) is 23.5 Å². The maximum absolute atomic E-state index is 12.5. The molecule has 0 unspecified atom stereocenters. The van der Waals surface area contributed by atoms with Crippen LogP contribution in [0.2, 0.25) is 0 Å². The first-order chi connectivity index (χ1) is 8.69. The molecule has 0 aromatic heterocycles. The summed E-state index contributed by atoms with van der Waals surface area (Å²) in [6.45, 7) is 0.656. The lowest BCUT2D eigenvalue weighted by Crippen LogP contribution is -2.31. The molecule has 1 aliphatic carbocycles. The number of hydrogen-bond acceptors (Lipinski definition) is 2. The molecule has 4 nitrogen and oxygen atoms in total. The SMILES string of the molecule is O=C1Nc2ccccc2C(=O)N2CC3(C=C12)CC3. The lowest BCUT2D eigenvalue weighted by molar-refractivity contribution is -0.113. The van der Waals surface area contributed by atoms with Crippen LogP contribution in [0, 0.1) is 5.41 Å². The smallest absolute Gasteiger partial charge is 0.272 e. The fourth-order valence-corrected chi connectivity index (χ4v) is 2.76. The van der Waals surface area contributed by atoms with E-state index in [9.17, 15) is 9.59 Å². The number of anilines is 1. The van der Waals surface area contributed by atoms with Gasteiger partial charge in [-0.3, -0.25) is 9.59 Å². The Morgan fingerprint density at radius 1 is 1.17 bits per heavy atom. The number of amides is 2. The van der Waals surface area contributed by atoms with Gasteiger partial charge in [-0.05, 0) is 31.1 Å². The first-order valence-electron chi connectivity index (χ1n) is 6.14. The van der Waals surface area contributed by atoms with Gasteiger partial charge in [-0.25, -0.2) is 0 Å². The molecule has 1 aromatic carbocycles. The third-order valence-electron chi connectivity index (χ3n) is 3.98. The third kappa shape index (κ3) is 1.20. The minimum absolute atomic E-state index is 0.0704. The van der Waals surface area contributed by atoms with E-state index in [-0.39, 0.29) is 17.2 Å². The van der Waals surface area contributed by atoms with Crippen molar-refractivity contribution in [2.45, 2.75) is 12.8 Å². The van der Waals surface area contributed by atoms with E-state index in [1.807, 2.05) is 18.2 Å². The van der Waals surface area contributed by atoms with E-state index < -0.39 is 0 Å². The zero-order chi connectivity index (χ0) is 12.3. The van der Waals surface area contributed by atoms with Crippen LogP contribution < -0.4 is 5.32 Å². The Bertz CT molecular complexity index is 614. The van der Waals surface area contributed by atoms with Gasteiger partial charge in [-0.15, -0.1) is 0 Å². The summed E-state index contributed by atoms with van der Waals surface area (Å²) in [5, 5.41) is 2.82. The number of fused-ring (bicyclic) bond motifs is 2. The largest absolute Gasteiger partial charge is 0.320 e. The fourth-order valence-electron chi connectivity index (χ4n) is 2.76. The number of benzene rings is 1. The van der Waals surface area contributed by atoms with Gasteiger partial charge in [0.25, 0.3) is 11.8 Å². The minimum Gasteiger partial charge on any atom is -0.320 e. The Balaban J connectivity index is 1.86. The van der Waals surface area contributed by atoms with E-state index in [0.717, 1.165) is 12.8 Å². The highest BCUT2D eigenvalue weighted by Gasteiger charge is 2.50.